The van der Waals surface area contributed by atoms with Crippen LogP contribution in [0.4, 0.5) is 20.7 Å². The van der Waals surface area contributed by atoms with Gasteiger partial charge in [0.05, 0.1) is 40.7 Å². The number of carbonyl (C=O) groups is 3. The Balaban J connectivity index is 1.47. The van der Waals surface area contributed by atoms with Crippen LogP contribution in [0.15, 0.2) is 42.6 Å². The average molecular weight is 524 g/mol. The molecule has 3 aromatic rings. The van der Waals surface area contributed by atoms with Gasteiger partial charge < -0.3 is 15.2 Å². The molecule has 1 aromatic carbocycles. The second-order valence-electron chi connectivity index (χ2n) is 9.38. The Morgan fingerprint density at radius 3 is 2.50 bits per heavy atom. The number of aryl methyl sites for hydroxylation is 2. The van der Waals surface area contributed by atoms with Gasteiger partial charge in [0.1, 0.15) is 17.7 Å². The number of hydrogen-bond acceptors (Lipinski definition) is 6. The highest BCUT2D eigenvalue weighted by Gasteiger charge is 2.36. The minimum Gasteiger partial charge on any atom is -0.481 e. The fourth-order valence-corrected chi connectivity index (χ4v) is 4.74. The van der Waals surface area contributed by atoms with E-state index in [-0.39, 0.29) is 11.5 Å². The van der Waals surface area contributed by atoms with E-state index in [1.807, 2.05) is 0 Å². The maximum Gasteiger partial charge on any atom is 0.413 e. The van der Waals surface area contributed by atoms with Gasteiger partial charge in [-0.3, -0.25) is 24.6 Å². The molecule has 3 atom stereocenters. The molecule has 10 nitrogen and oxygen atoms in total. The summed E-state index contributed by atoms with van der Waals surface area (Å²) in [6.07, 6.45) is 2.57. The molecule has 0 bridgehead atoms. The standard InChI is InChI=1S/C27H30FN5O5/c1-15-22(31-25(34)18-9-4-5-10-19(18)26(35)36)12-13-23(30-15)20-14-29-33(3)24(20)32-27(37)38-16(2)17-8-6-7-11-21(17)28/h6-8,11-14,16,18-19H,4-5,9-10H2,1-3H3,(H,31,34)(H,32,37)(H,35,36)/t16-,18+,19+/m1/s1. The van der Waals surface area contributed by atoms with Crippen LogP contribution in [-0.2, 0) is 21.4 Å². The number of carboxylic acids is 1. The average Bonchev–Trinajstić information content (AvgIpc) is 3.24. The lowest BCUT2D eigenvalue weighted by atomic mass is 9.78. The van der Waals surface area contributed by atoms with Gasteiger partial charge in [0.15, 0.2) is 0 Å². The summed E-state index contributed by atoms with van der Waals surface area (Å²) in [5, 5.41) is 19.2. The summed E-state index contributed by atoms with van der Waals surface area (Å²) < 4.78 is 20.9. The van der Waals surface area contributed by atoms with Gasteiger partial charge in [-0.15, -0.1) is 0 Å². The zero-order valence-corrected chi connectivity index (χ0v) is 21.4. The lowest BCUT2D eigenvalue weighted by molar-refractivity contribution is -0.147. The molecule has 200 valence electrons. The van der Waals surface area contributed by atoms with E-state index >= 15 is 0 Å². The lowest BCUT2D eigenvalue weighted by Crippen LogP contribution is -2.36. The van der Waals surface area contributed by atoms with Crippen molar-refractivity contribution in [3.63, 3.8) is 0 Å². The van der Waals surface area contributed by atoms with E-state index < -0.39 is 35.8 Å². The second-order valence-corrected chi connectivity index (χ2v) is 9.38. The molecule has 1 saturated carbocycles. The Morgan fingerprint density at radius 1 is 1.11 bits per heavy atom. The third-order valence-electron chi connectivity index (χ3n) is 6.83. The first-order valence-corrected chi connectivity index (χ1v) is 12.4. The van der Waals surface area contributed by atoms with E-state index in [1.165, 1.54) is 16.9 Å². The van der Waals surface area contributed by atoms with Crippen molar-refractivity contribution < 1.29 is 28.6 Å². The number of amides is 2. The number of hydrogen-bond donors (Lipinski definition) is 3. The molecule has 2 heterocycles. The van der Waals surface area contributed by atoms with Crippen molar-refractivity contribution in [2.24, 2.45) is 18.9 Å². The number of rotatable bonds is 7. The molecule has 0 aliphatic heterocycles. The number of aliphatic carboxylic acids is 1. The first-order valence-electron chi connectivity index (χ1n) is 12.4. The highest BCUT2D eigenvalue weighted by molar-refractivity contribution is 5.96. The number of aromatic nitrogens is 3. The SMILES string of the molecule is Cc1nc(-c2cnn(C)c2NC(=O)O[C@H](C)c2ccccc2F)ccc1NC(=O)[C@H]1CCCC[C@@H]1C(=O)O. The maximum atomic E-state index is 14.0. The summed E-state index contributed by atoms with van der Waals surface area (Å²) in [6, 6.07) is 9.42. The third kappa shape index (κ3) is 5.82. The third-order valence-corrected chi connectivity index (χ3v) is 6.83. The van der Waals surface area contributed by atoms with E-state index in [4.69, 9.17) is 4.74 Å². The Hall–Kier alpha value is -4.28. The minimum absolute atomic E-state index is 0.255. The van der Waals surface area contributed by atoms with Gasteiger partial charge in [0, 0.05) is 12.6 Å². The number of anilines is 2. The predicted molar refractivity (Wildman–Crippen MR) is 138 cm³/mol. The molecule has 3 N–H and O–H groups in total. The van der Waals surface area contributed by atoms with E-state index in [2.05, 4.69) is 20.7 Å². The van der Waals surface area contributed by atoms with Crippen LogP contribution < -0.4 is 10.6 Å². The highest BCUT2D eigenvalue weighted by atomic mass is 19.1. The van der Waals surface area contributed by atoms with Gasteiger partial charge in [-0.1, -0.05) is 31.0 Å². The molecule has 0 radical (unpaired) electrons. The van der Waals surface area contributed by atoms with Crippen molar-refractivity contribution in [3.8, 4) is 11.3 Å². The molecule has 1 fully saturated rings. The topological polar surface area (TPSA) is 135 Å². The van der Waals surface area contributed by atoms with Crippen molar-refractivity contribution >= 4 is 29.5 Å². The van der Waals surface area contributed by atoms with Crippen molar-refractivity contribution in [1.29, 1.82) is 0 Å². The molecule has 0 unspecified atom stereocenters. The van der Waals surface area contributed by atoms with Gasteiger partial charge in [-0.05, 0) is 44.9 Å². The van der Waals surface area contributed by atoms with Crippen LogP contribution in [0.1, 0.15) is 50.0 Å². The van der Waals surface area contributed by atoms with Gasteiger partial charge in [-0.25, -0.2) is 9.18 Å². The fourth-order valence-electron chi connectivity index (χ4n) is 4.74. The number of nitrogens with one attached hydrogen (secondary N) is 2. The van der Waals surface area contributed by atoms with Crippen molar-refractivity contribution in [3.05, 3.63) is 59.7 Å². The molecule has 0 saturated heterocycles. The van der Waals surface area contributed by atoms with Crippen LogP contribution in [0.3, 0.4) is 0 Å². The molecule has 11 heteroatoms. The van der Waals surface area contributed by atoms with E-state index in [9.17, 15) is 23.9 Å². The number of ether oxygens (including phenoxy) is 1. The summed E-state index contributed by atoms with van der Waals surface area (Å²) in [5.41, 5.74) is 2.26. The molecule has 38 heavy (non-hydrogen) atoms. The van der Waals surface area contributed by atoms with Crippen LogP contribution in [0.2, 0.25) is 0 Å². The summed E-state index contributed by atoms with van der Waals surface area (Å²) in [7, 11) is 1.64. The molecular formula is C27H30FN5O5. The lowest BCUT2D eigenvalue weighted by Gasteiger charge is -2.27. The highest BCUT2D eigenvalue weighted by Crippen LogP contribution is 2.33. The minimum atomic E-state index is -0.950. The molecule has 2 amide bonds. The van der Waals surface area contributed by atoms with Gasteiger partial charge in [0.25, 0.3) is 0 Å². The quantitative estimate of drug-likeness (QED) is 0.393. The van der Waals surface area contributed by atoms with Gasteiger partial charge >= 0.3 is 12.1 Å². The van der Waals surface area contributed by atoms with Crippen molar-refractivity contribution in [2.45, 2.75) is 45.6 Å². The molecular weight excluding hydrogens is 493 g/mol. The molecule has 1 aliphatic rings. The van der Waals surface area contributed by atoms with Gasteiger partial charge in [-0.2, -0.15) is 5.10 Å². The number of carboxylic acid groups (broad SMARTS) is 1. The summed E-state index contributed by atoms with van der Waals surface area (Å²) in [4.78, 5) is 41.6. The summed E-state index contributed by atoms with van der Waals surface area (Å²) >= 11 is 0. The first kappa shape index (κ1) is 26.8. The van der Waals surface area contributed by atoms with Crippen LogP contribution in [0, 0.1) is 24.6 Å². The monoisotopic (exact) mass is 523 g/mol. The van der Waals surface area contributed by atoms with E-state index in [0.717, 1.165) is 12.8 Å². The zero-order valence-electron chi connectivity index (χ0n) is 21.4. The Morgan fingerprint density at radius 2 is 1.82 bits per heavy atom. The maximum absolute atomic E-state index is 14.0. The van der Waals surface area contributed by atoms with E-state index in [0.29, 0.717) is 41.3 Å². The van der Waals surface area contributed by atoms with Crippen LogP contribution in [0.25, 0.3) is 11.3 Å². The Labute approximate surface area is 219 Å². The summed E-state index contributed by atoms with van der Waals surface area (Å²) in [6.45, 7) is 3.30. The fraction of sp³-hybridized carbons (Fsp3) is 0.370. The smallest absolute Gasteiger partial charge is 0.413 e. The molecule has 0 spiro atoms. The predicted octanol–water partition coefficient (Wildman–Crippen LogP) is 5.07. The number of halogens is 1. The van der Waals surface area contributed by atoms with E-state index in [1.54, 1.807) is 51.2 Å². The van der Waals surface area contributed by atoms with Crippen LogP contribution in [-0.4, -0.2) is 37.8 Å². The number of carbonyl (C=O) groups excluding carboxylic acids is 2. The molecule has 1 aliphatic carbocycles. The normalized spacial score (nSPS) is 17.9. The Kier molecular flexibility index (Phi) is 8.04. The second kappa shape index (κ2) is 11.4. The van der Waals surface area contributed by atoms with Crippen LogP contribution in [0.5, 0.6) is 0 Å². The Bertz CT molecular complexity index is 1360. The largest absolute Gasteiger partial charge is 0.481 e. The van der Waals surface area contributed by atoms with Crippen molar-refractivity contribution in [1.82, 2.24) is 14.8 Å². The summed E-state index contributed by atoms with van der Waals surface area (Å²) in [5.74, 6) is -2.71. The number of pyridine rings is 1. The van der Waals surface area contributed by atoms with Gasteiger partial charge in [0.2, 0.25) is 5.91 Å². The molecule has 4 rings (SSSR count). The zero-order chi connectivity index (χ0) is 27.4. The van der Waals surface area contributed by atoms with Crippen LogP contribution >= 0.6 is 0 Å². The first-order chi connectivity index (χ1) is 18.2. The number of nitrogens with zero attached hydrogens (tertiary/aromatic N) is 3. The molecule has 2 aromatic heterocycles. The number of benzene rings is 1. The van der Waals surface area contributed by atoms with Crippen molar-refractivity contribution in [2.75, 3.05) is 10.6 Å².